The summed E-state index contributed by atoms with van der Waals surface area (Å²) in [4.78, 5) is 24.3. The maximum Gasteiger partial charge on any atom is 0.306 e. The molecule has 0 saturated heterocycles. The zero-order valence-electron chi connectivity index (χ0n) is 36.1. The SMILES string of the molecule is CC/C=C\C/C=C\C/C=C\C/C=C\C/C=C\CCCCCCCCCCCCCCCC(=O)OC(CO)COC(=O)CCCCC/C=C\C/C=C\C/C=C\CC. The summed E-state index contributed by atoms with van der Waals surface area (Å²) in [7, 11) is 0. The van der Waals surface area contributed by atoms with E-state index in [1.165, 1.54) is 70.6 Å². The molecule has 0 aromatic rings. The van der Waals surface area contributed by atoms with Crippen LogP contribution in [0, 0.1) is 0 Å². The van der Waals surface area contributed by atoms with E-state index in [1.807, 2.05) is 0 Å². The molecule has 1 unspecified atom stereocenters. The maximum absolute atomic E-state index is 12.2. The molecule has 0 spiro atoms. The molecule has 0 heterocycles. The Balaban J connectivity index is 3.55. The largest absolute Gasteiger partial charge is 0.462 e. The number of carbonyl (C=O) groups excluding carboxylic acids is 2. The van der Waals surface area contributed by atoms with Gasteiger partial charge in [-0.2, -0.15) is 0 Å². The fourth-order valence-electron chi connectivity index (χ4n) is 6.01. The summed E-state index contributed by atoms with van der Waals surface area (Å²) in [5.41, 5.74) is 0. The first-order valence-electron chi connectivity index (χ1n) is 22.8. The van der Waals surface area contributed by atoms with Gasteiger partial charge >= 0.3 is 11.9 Å². The number of esters is 2. The summed E-state index contributed by atoms with van der Waals surface area (Å²) in [6.45, 7) is 3.87. The first kappa shape index (κ1) is 52.8. The van der Waals surface area contributed by atoms with Gasteiger partial charge in [-0.15, -0.1) is 0 Å². The number of hydrogen-bond acceptors (Lipinski definition) is 5. The van der Waals surface area contributed by atoms with Crippen LogP contribution < -0.4 is 0 Å². The average Bonchev–Trinajstić information content (AvgIpc) is 3.20. The molecule has 0 rings (SSSR count). The number of aliphatic hydroxyl groups is 1. The Kier molecular flexibility index (Phi) is 43.6. The van der Waals surface area contributed by atoms with Crippen molar-refractivity contribution in [3.8, 4) is 0 Å². The van der Waals surface area contributed by atoms with Crippen molar-refractivity contribution in [1.29, 1.82) is 0 Å². The molecule has 56 heavy (non-hydrogen) atoms. The summed E-state index contributed by atoms with van der Waals surface area (Å²) in [5, 5.41) is 9.58. The molecule has 1 N–H and O–H groups in total. The number of carbonyl (C=O) groups is 2. The van der Waals surface area contributed by atoms with Crippen molar-refractivity contribution in [1.82, 2.24) is 0 Å². The number of rotatable bonds is 40. The Morgan fingerprint density at radius 1 is 0.411 bits per heavy atom. The van der Waals surface area contributed by atoms with Crippen LogP contribution in [0.4, 0.5) is 0 Å². The summed E-state index contributed by atoms with van der Waals surface area (Å²) < 4.78 is 10.6. The van der Waals surface area contributed by atoms with Gasteiger partial charge in [0.15, 0.2) is 6.10 Å². The highest BCUT2D eigenvalue weighted by Gasteiger charge is 2.16. The van der Waals surface area contributed by atoms with Crippen molar-refractivity contribution in [2.45, 2.75) is 200 Å². The zero-order chi connectivity index (χ0) is 40.7. The number of unbranched alkanes of at least 4 members (excludes halogenated alkanes) is 16. The summed E-state index contributed by atoms with van der Waals surface area (Å²) in [6.07, 6.45) is 64.9. The van der Waals surface area contributed by atoms with Gasteiger partial charge in [0, 0.05) is 12.8 Å². The summed E-state index contributed by atoms with van der Waals surface area (Å²) in [5.74, 6) is -0.632. The molecule has 0 aromatic heterocycles. The minimum absolute atomic E-state index is 0.0859. The van der Waals surface area contributed by atoms with Crippen LogP contribution in [0.1, 0.15) is 194 Å². The Bertz CT molecular complexity index is 1110. The second-order valence-corrected chi connectivity index (χ2v) is 14.7. The molecule has 5 nitrogen and oxygen atoms in total. The lowest BCUT2D eigenvalue weighted by Crippen LogP contribution is -2.28. The normalized spacial score (nSPS) is 13.1. The van der Waals surface area contributed by atoms with E-state index < -0.39 is 6.10 Å². The number of hydrogen-bond donors (Lipinski definition) is 1. The van der Waals surface area contributed by atoms with E-state index in [1.54, 1.807) is 0 Å². The van der Waals surface area contributed by atoms with Gasteiger partial charge in [0.2, 0.25) is 0 Å². The van der Waals surface area contributed by atoms with E-state index in [2.05, 4.69) is 111 Å². The fraction of sp³-hybridized carbons (Fsp3) is 0.647. The highest BCUT2D eigenvalue weighted by molar-refractivity contribution is 5.70. The van der Waals surface area contributed by atoms with E-state index in [-0.39, 0.29) is 25.2 Å². The average molecular weight is 777 g/mol. The van der Waals surface area contributed by atoms with Crippen LogP contribution in [0.2, 0.25) is 0 Å². The molecule has 0 bridgehead atoms. The van der Waals surface area contributed by atoms with Crippen LogP contribution >= 0.6 is 0 Å². The number of aliphatic hydroxyl groups excluding tert-OH is 1. The van der Waals surface area contributed by atoms with E-state index in [4.69, 9.17) is 9.47 Å². The standard InChI is InChI=1S/C51H84O5/c1-3-5-7-9-11-13-15-17-18-19-20-21-22-23-24-25-26-27-28-29-30-31-32-34-36-38-40-42-44-46-51(54)56-49(47-52)48-55-50(53)45-43-41-39-37-35-33-16-14-12-10-8-6-4-2/h5-8,11-14,17-18,20-21,23-24,33,35,49,52H,3-4,9-10,15-16,19,22,25-32,34,36-48H2,1-2H3/b7-5-,8-6-,13-11-,14-12-,18-17-,21-20-,24-23-,35-33-. The molecule has 0 aromatic carbocycles. The van der Waals surface area contributed by atoms with Gasteiger partial charge in [0.05, 0.1) is 6.61 Å². The van der Waals surface area contributed by atoms with Crippen molar-refractivity contribution in [2.24, 2.45) is 0 Å². The molecule has 318 valence electrons. The quantitative estimate of drug-likeness (QED) is 0.0381. The van der Waals surface area contributed by atoms with Gasteiger partial charge in [-0.05, 0) is 89.9 Å². The van der Waals surface area contributed by atoms with Crippen LogP contribution in [0.3, 0.4) is 0 Å². The van der Waals surface area contributed by atoms with Crippen LogP contribution in [0.15, 0.2) is 97.2 Å². The van der Waals surface area contributed by atoms with Gasteiger partial charge in [0.25, 0.3) is 0 Å². The topological polar surface area (TPSA) is 72.8 Å². The minimum atomic E-state index is -0.789. The Morgan fingerprint density at radius 2 is 0.714 bits per heavy atom. The number of ether oxygens (including phenoxy) is 2. The van der Waals surface area contributed by atoms with Gasteiger partial charge in [0.1, 0.15) is 6.61 Å². The second-order valence-electron chi connectivity index (χ2n) is 14.7. The van der Waals surface area contributed by atoms with Crippen molar-refractivity contribution < 1.29 is 24.2 Å². The smallest absolute Gasteiger partial charge is 0.306 e. The van der Waals surface area contributed by atoms with E-state index in [0.29, 0.717) is 12.8 Å². The van der Waals surface area contributed by atoms with Gasteiger partial charge in [-0.1, -0.05) is 188 Å². The molecule has 1 atom stereocenters. The third kappa shape index (κ3) is 43.5. The molecule has 0 fully saturated rings. The Morgan fingerprint density at radius 3 is 1.09 bits per heavy atom. The lowest BCUT2D eigenvalue weighted by Gasteiger charge is -2.15. The third-order valence-electron chi connectivity index (χ3n) is 9.37. The van der Waals surface area contributed by atoms with Crippen molar-refractivity contribution in [2.75, 3.05) is 13.2 Å². The van der Waals surface area contributed by atoms with Gasteiger partial charge < -0.3 is 14.6 Å². The van der Waals surface area contributed by atoms with E-state index in [0.717, 1.165) is 96.3 Å². The first-order valence-corrected chi connectivity index (χ1v) is 22.8. The zero-order valence-corrected chi connectivity index (χ0v) is 36.1. The van der Waals surface area contributed by atoms with Gasteiger partial charge in [-0.3, -0.25) is 9.59 Å². The predicted octanol–water partition coefficient (Wildman–Crippen LogP) is 14.8. The molecule has 0 saturated carbocycles. The predicted molar refractivity (Wildman–Crippen MR) is 242 cm³/mol. The van der Waals surface area contributed by atoms with Crippen LogP contribution in [0.25, 0.3) is 0 Å². The van der Waals surface area contributed by atoms with E-state index >= 15 is 0 Å². The lowest BCUT2D eigenvalue weighted by atomic mass is 10.0. The molecule has 0 aliphatic rings. The molecular weight excluding hydrogens is 693 g/mol. The Labute approximate surface area is 345 Å². The number of allylic oxidation sites excluding steroid dienone is 16. The van der Waals surface area contributed by atoms with E-state index in [9.17, 15) is 14.7 Å². The third-order valence-corrected chi connectivity index (χ3v) is 9.37. The molecule has 0 aliphatic heterocycles. The maximum atomic E-state index is 12.2. The molecule has 0 amide bonds. The molecule has 5 heteroatoms. The summed E-state index contributed by atoms with van der Waals surface area (Å²) >= 11 is 0. The van der Waals surface area contributed by atoms with Crippen LogP contribution in [-0.2, 0) is 19.1 Å². The minimum Gasteiger partial charge on any atom is -0.462 e. The van der Waals surface area contributed by atoms with Crippen molar-refractivity contribution in [3.63, 3.8) is 0 Å². The van der Waals surface area contributed by atoms with Crippen molar-refractivity contribution in [3.05, 3.63) is 97.2 Å². The second kappa shape index (κ2) is 46.2. The summed E-state index contributed by atoms with van der Waals surface area (Å²) in [6, 6.07) is 0. The molecule has 0 aliphatic carbocycles. The monoisotopic (exact) mass is 777 g/mol. The first-order chi connectivity index (χ1) is 27.6. The lowest BCUT2D eigenvalue weighted by molar-refractivity contribution is -0.161. The van der Waals surface area contributed by atoms with Crippen LogP contribution in [-0.4, -0.2) is 36.4 Å². The van der Waals surface area contributed by atoms with Crippen LogP contribution in [0.5, 0.6) is 0 Å². The highest BCUT2D eigenvalue weighted by Crippen LogP contribution is 2.14. The Hall–Kier alpha value is -3.18. The highest BCUT2D eigenvalue weighted by atomic mass is 16.6. The van der Waals surface area contributed by atoms with Crippen molar-refractivity contribution >= 4 is 11.9 Å². The fourth-order valence-corrected chi connectivity index (χ4v) is 6.01. The van der Waals surface area contributed by atoms with Gasteiger partial charge in [-0.25, -0.2) is 0 Å². The molecular formula is C51H84O5. The molecule has 0 radical (unpaired) electrons.